The van der Waals surface area contributed by atoms with E-state index in [2.05, 4.69) is 9.97 Å². The highest BCUT2D eigenvalue weighted by molar-refractivity contribution is 14.1. The van der Waals surface area contributed by atoms with Crippen LogP contribution in [0.4, 0.5) is 23.4 Å². The number of hydrogen-bond donors (Lipinski definition) is 1. The van der Waals surface area contributed by atoms with Gasteiger partial charge in [0.2, 0.25) is 0 Å². The molecule has 0 aliphatic heterocycles. The van der Waals surface area contributed by atoms with Gasteiger partial charge in [0.25, 0.3) is 0 Å². The van der Waals surface area contributed by atoms with Gasteiger partial charge in [-0.15, -0.1) is 0 Å². The van der Waals surface area contributed by atoms with Crippen LogP contribution in [-0.4, -0.2) is 9.97 Å². The minimum atomic E-state index is -4.62. The molecule has 1 heterocycles. The molecule has 0 unspecified atom stereocenters. The molecule has 0 bridgehead atoms. The maximum Gasteiger partial charge on any atom is 0.417 e. The molecular formula is C11H6F4IN3. The van der Waals surface area contributed by atoms with Crippen LogP contribution in [0.15, 0.2) is 24.4 Å². The Kier molecular flexibility index (Phi) is 3.61. The summed E-state index contributed by atoms with van der Waals surface area (Å²) < 4.78 is 52.2. The van der Waals surface area contributed by atoms with Crippen molar-refractivity contribution in [3.8, 4) is 11.4 Å². The third-order valence-electron chi connectivity index (χ3n) is 2.30. The number of aromatic nitrogens is 2. The van der Waals surface area contributed by atoms with Crippen LogP contribution in [0.3, 0.4) is 0 Å². The minimum Gasteiger partial charge on any atom is -0.383 e. The Morgan fingerprint density at radius 3 is 2.47 bits per heavy atom. The van der Waals surface area contributed by atoms with Crippen molar-refractivity contribution in [2.24, 2.45) is 0 Å². The van der Waals surface area contributed by atoms with Crippen molar-refractivity contribution in [1.29, 1.82) is 0 Å². The molecule has 19 heavy (non-hydrogen) atoms. The topological polar surface area (TPSA) is 51.8 Å². The van der Waals surface area contributed by atoms with Crippen LogP contribution < -0.4 is 5.73 Å². The zero-order chi connectivity index (χ0) is 14.2. The monoisotopic (exact) mass is 383 g/mol. The Bertz CT molecular complexity index is 628. The lowest BCUT2D eigenvalue weighted by Crippen LogP contribution is -2.09. The quantitative estimate of drug-likeness (QED) is 0.606. The van der Waals surface area contributed by atoms with Crippen molar-refractivity contribution < 1.29 is 17.6 Å². The van der Waals surface area contributed by atoms with Crippen molar-refractivity contribution in [2.75, 3.05) is 5.73 Å². The van der Waals surface area contributed by atoms with Crippen molar-refractivity contribution in [3.05, 3.63) is 39.3 Å². The number of halogens is 5. The molecular weight excluding hydrogens is 377 g/mol. The van der Waals surface area contributed by atoms with Gasteiger partial charge in [-0.2, -0.15) is 13.2 Å². The van der Waals surface area contributed by atoms with Gasteiger partial charge in [0, 0.05) is 11.8 Å². The van der Waals surface area contributed by atoms with E-state index in [4.69, 9.17) is 5.73 Å². The maximum absolute atomic E-state index is 13.1. The third-order valence-corrected chi connectivity index (χ3v) is 3.13. The fraction of sp³-hybridized carbons (Fsp3) is 0.0909. The molecule has 2 aromatic rings. The number of benzene rings is 1. The number of nitrogen functional groups attached to an aromatic ring is 1. The van der Waals surface area contributed by atoms with Gasteiger partial charge in [0.05, 0.1) is 9.13 Å². The molecule has 0 aliphatic carbocycles. The summed E-state index contributed by atoms with van der Waals surface area (Å²) in [5.74, 6) is -1.02. The van der Waals surface area contributed by atoms with Crippen LogP contribution in [0.25, 0.3) is 11.4 Å². The lowest BCUT2D eigenvalue weighted by Gasteiger charge is -2.12. The van der Waals surface area contributed by atoms with E-state index < -0.39 is 23.1 Å². The van der Waals surface area contributed by atoms with Gasteiger partial charge in [-0.1, -0.05) is 0 Å². The Morgan fingerprint density at radius 2 is 1.89 bits per heavy atom. The highest BCUT2D eigenvalue weighted by atomic mass is 127. The molecule has 0 radical (unpaired) electrons. The number of nitrogens with two attached hydrogens (primary N) is 1. The summed E-state index contributed by atoms with van der Waals surface area (Å²) in [5, 5.41) is 0. The second-order valence-electron chi connectivity index (χ2n) is 3.61. The van der Waals surface area contributed by atoms with E-state index in [0.29, 0.717) is 9.64 Å². The van der Waals surface area contributed by atoms with Gasteiger partial charge in [-0.25, -0.2) is 14.4 Å². The van der Waals surface area contributed by atoms with Gasteiger partial charge in [0.15, 0.2) is 5.82 Å². The second-order valence-corrected chi connectivity index (χ2v) is 4.78. The van der Waals surface area contributed by atoms with Gasteiger partial charge < -0.3 is 5.73 Å². The van der Waals surface area contributed by atoms with Crippen LogP contribution in [-0.2, 0) is 6.18 Å². The van der Waals surface area contributed by atoms with Crippen LogP contribution in [0.5, 0.6) is 0 Å². The smallest absolute Gasteiger partial charge is 0.383 e. The number of alkyl halides is 3. The van der Waals surface area contributed by atoms with Crippen LogP contribution in [0, 0.1) is 9.39 Å². The van der Waals surface area contributed by atoms with Crippen molar-refractivity contribution in [2.45, 2.75) is 6.18 Å². The Morgan fingerprint density at radius 1 is 1.21 bits per heavy atom. The van der Waals surface area contributed by atoms with Gasteiger partial charge >= 0.3 is 6.18 Å². The first-order valence-electron chi connectivity index (χ1n) is 4.94. The Balaban J connectivity index is 2.66. The first-order valence-corrected chi connectivity index (χ1v) is 6.02. The molecule has 100 valence electrons. The highest BCUT2D eigenvalue weighted by Gasteiger charge is 2.34. The van der Waals surface area contributed by atoms with Crippen molar-refractivity contribution in [1.82, 2.24) is 9.97 Å². The molecule has 1 aromatic heterocycles. The summed E-state index contributed by atoms with van der Waals surface area (Å²) in [7, 11) is 0. The predicted molar refractivity (Wildman–Crippen MR) is 69.6 cm³/mol. The van der Waals surface area contributed by atoms with E-state index in [1.807, 2.05) is 22.6 Å². The average molecular weight is 383 g/mol. The molecule has 0 aliphatic rings. The molecule has 2 rings (SSSR count). The largest absolute Gasteiger partial charge is 0.417 e. The summed E-state index contributed by atoms with van der Waals surface area (Å²) >= 11 is 1.85. The third kappa shape index (κ3) is 2.94. The van der Waals surface area contributed by atoms with E-state index in [-0.39, 0.29) is 11.6 Å². The fourth-order valence-electron chi connectivity index (χ4n) is 1.46. The zero-order valence-electron chi connectivity index (χ0n) is 9.17. The molecule has 8 heteroatoms. The normalized spacial score (nSPS) is 11.6. The fourth-order valence-corrected chi connectivity index (χ4v) is 1.72. The molecule has 0 spiro atoms. The maximum atomic E-state index is 13.1. The zero-order valence-corrected chi connectivity index (χ0v) is 11.3. The highest BCUT2D eigenvalue weighted by Crippen LogP contribution is 2.36. The van der Waals surface area contributed by atoms with Crippen LogP contribution >= 0.6 is 22.6 Å². The first kappa shape index (κ1) is 14.0. The molecule has 0 atom stereocenters. The van der Waals surface area contributed by atoms with Crippen LogP contribution in [0.1, 0.15) is 5.56 Å². The van der Waals surface area contributed by atoms with E-state index in [1.54, 1.807) is 0 Å². The molecule has 2 N–H and O–H groups in total. The summed E-state index contributed by atoms with van der Waals surface area (Å²) in [6.07, 6.45) is -3.34. The van der Waals surface area contributed by atoms with Crippen LogP contribution in [0.2, 0.25) is 0 Å². The summed E-state index contributed by atoms with van der Waals surface area (Å²) in [6.45, 7) is 0. The number of rotatable bonds is 1. The van der Waals surface area contributed by atoms with Crippen molar-refractivity contribution in [3.63, 3.8) is 0 Å². The summed E-state index contributed by atoms with van der Waals surface area (Å²) in [6, 6.07) is 2.13. The molecule has 0 amide bonds. The van der Waals surface area contributed by atoms with E-state index in [1.165, 1.54) is 6.20 Å². The average Bonchev–Trinajstić information content (AvgIpc) is 2.31. The molecule has 0 saturated heterocycles. The van der Waals surface area contributed by atoms with E-state index in [0.717, 1.165) is 12.1 Å². The molecule has 0 saturated carbocycles. The molecule has 3 nitrogen and oxygen atoms in total. The lowest BCUT2D eigenvalue weighted by molar-refractivity contribution is -0.137. The number of anilines is 1. The standard InChI is InChI=1S/C11H6F4IN3/c12-5-1-2-7(11(13,14)15)6(3-5)10-18-4-8(16)9(17)19-10/h1-4H,(H2,17,18,19). The van der Waals surface area contributed by atoms with Gasteiger partial charge in [-0.05, 0) is 40.8 Å². The summed E-state index contributed by atoms with van der Waals surface area (Å²) in [5.41, 5.74) is 4.08. The Hall–Kier alpha value is -1.45. The Labute approximate surface area is 119 Å². The van der Waals surface area contributed by atoms with Gasteiger partial charge in [-0.3, -0.25) is 0 Å². The molecule has 1 aromatic carbocycles. The second kappa shape index (κ2) is 4.91. The van der Waals surface area contributed by atoms with Gasteiger partial charge in [0.1, 0.15) is 11.6 Å². The van der Waals surface area contributed by atoms with E-state index in [9.17, 15) is 17.6 Å². The SMILES string of the molecule is Nc1nc(-c2cc(F)ccc2C(F)(F)F)ncc1I. The number of hydrogen-bond acceptors (Lipinski definition) is 3. The first-order chi connectivity index (χ1) is 8.79. The minimum absolute atomic E-state index is 0.0444. The predicted octanol–water partition coefficient (Wildman–Crippen LogP) is 3.49. The molecule has 0 fully saturated rings. The van der Waals surface area contributed by atoms with Crippen molar-refractivity contribution >= 4 is 28.4 Å². The van der Waals surface area contributed by atoms with E-state index >= 15 is 0 Å². The lowest BCUT2D eigenvalue weighted by atomic mass is 10.1. The number of nitrogens with zero attached hydrogens (tertiary/aromatic N) is 2. The summed E-state index contributed by atoms with van der Waals surface area (Å²) in [4.78, 5) is 7.51.